The van der Waals surface area contributed by atoms with Crippen molar-refractivity contribution in [1.82, 2.24) is 9.97 Å². The van der Waals surface area contributed by atoms with E-state index in [4.69, 9.17) is 11.6 Å². The molecule has 0 radical (unpaired) electrons. The number of halogens is 4. The van der Waals surface area contributed by atoms with Crippen molar-refractivity contribution < 1.29 is 13.2 Å². The molecule has 0 aliphatic rings. The zero-order valence-electron chi connectivity index (χ0n) is 11.4. The van der Waals surface area contributed by atoms with Crippen LogP contribution in [0.1, 0.15) is 11.1 Å². The second-order valence-electron chi connectivity index (χ2n) is 4.84. The van der Waals surface area contributed by atoms with Crippen molar-refractivity contribution in [2.75, 3.05) is 0 Å². The Morgan fingerprint density at radius 1 is 1.00 bits per heavy atom. The van der Waals surface area contributed by atoms with Crippen LogP contribution in [0.5, 0.6) is 0 Å². The molecule has 22 heavy (non-hydrogen) atoms. The Morgan fingerprint density at radius 3 is 2.50 bits per heavy atom. The quantitative estimate of drug-likeness (QED) is 0.609. The van der Waals surface area contributed by atoms with Crippen LogP contribution in [0.2, 0.25) is 5.02 Å². The highest BCUT2D eigenvalue weighted by atomic mass is 35.5. The van der Waals surface area contributed by atoms with Gasteiger partial charge in [0.2, 0.25) is 0 Å². The van der Waals surface area contributed by atoms with Crippen LogP contribution >= 0.6 is 11.6 Å². The molecule has 0 spiro atoms. The zero-order chi connectivity index (χ0) is 15.9. The summed E-state index contributed by atoms with van der Waals surface area (Å²) in [6.07, 6.45) is -1.70. The fraction of sp³-hybridized carbons (Fsp3) is 0.125. The Kier molecular flexibility index (Phi) is 3.53. The fourth-order valence-corrected chi connectivity index (χ4v) is 2.69. The van der Waals surface area contributed by atoms with Gasteiger partial charge in [0.1, 0.15) is 5.56 Å². The molecule has 0 unspecified atom stereocenters. The SMILES string of the molecule is Cc1ccc(-c2nccc(Cl)c2C(F)(F)F)c2cccnc12. The third-order valence-corrected chi connectivity index (χ3v) is 3.73. The van der Waals surface area contributed by atoms with Crippen LogP contribution in [0.25, 0.3) is 22.2 Å². The highest BCUT2D eigenvalue weighted by Gasteiger charge is 2.37. The molecule has 0 aliphatic carbocycles. The Bertz CT molecular complexity index is 860. The molecule has 1 aromatic carbocycles. The van der Waals surface area contributed by atoms with E-state index in [-0.39, 0.29) is 10.7 Å². The summed E-state index contributed by atoms with van der Waals surface area (Å²) in [4.78, 5) is 8.16. The minimum Gasteiger partial charge on any atom is -0.256 e. The van der Waals surface area contributed by atoms with Gasteiger partial charge in [0, 0.05) is 23.3 Å². The van der Waals surface area contributed by atoms with E-state index in [9.17, 15) is 13.2 Å². The van der Waals surface area contributed by atoms with E-state index in [1.54, 1.807) is 30.5 Å². The van der Waals surface area contributed by atoms with Crippen molar-refractivity contribution in [3.63, 3.8) is 0 Å². The fourth-order valence-electron chi connectivity index (χ4n) is 2.43. The molecule has 0 N–H and O–H groups in total. The highest BCUT2D eigenvalue weighted by Crippen LogP contribution is 2.41. The Labute approximate surface area is 129 Å². The van der Waals surface area contributed by atoms with Crippen molar-refractivity contribution in [3.8, 4) is 11.3 Å². The minimum atomic E-state index is -4.58. The number of fused-ring (bicyclic) bond motifs is 1. The molecule has 2 aromatic heterocycles. The summed E-state index contributed by atoms with van der Waals surface area (Å²) >= 11 is 5.77. The van der Waals surface area contributed by atoms with Gasteiger partial charge in [-0.15, -0.1) is 0 Å². The largest absolute Gasteiger partial charge is 0.419 e. The molecule has 2 nitrogen and oxygen atoms in total. The number of alkyl halides is 3. The maximum absolute atomic E-state index is 13.3. The summed E-state index contributed by atoms with van der Waals surface area (Å²) in [6.45, 7) is 1.86. The first-order valence-corrected chi connectivity index (χ1v) is 6.84. The number of aromatic nitrogens is 2. The number of rotatable bonds is 1. The molecule has 2 heterocycles. The highest BCUT2D eigenvalue weighted by molar-refractivity contribution is 6.31. The summed E-state index contributed by atoms with van der Waals surface area (Å²) in [6, 6.07) is 7.90. The first kappa shape index (κ1) is 14.8. The van der Waals surface area contributed by atoms with Gasteiger partial charge in [-0.25, -0.2) is 0 Å². The summed E-state index contributed by atoms with van der Waals surface area (Å²) < 4.78 is 40.0. The lowest BCUT2D eigenvalue weighted by molar-refractivity contribution is -0.137. The lowest BCUT2D eigenvalue weighted by Gasteiger charge is -2.15. The molecule has 0 bridgehead atoms. The van der Waals surface area contributed by atoms with E-state index in [0.717, 1.165) is 11.6 Å². The first-order chi connectivity index (χ1) is 10.4. The number of hydrogen-bond donors (Lipinski definition) is 0. The molecule has 0 saturated carbocycles. The molecule has 0 amide bonds. The van der Waals surface area contributed by atoms with E-state index >= 15 is 0 Å². The number of nitrogens with zero attached hydrogens (tertiary/aromatic N) is 2. The van der Waals surface area contributed by atoms with Gasteiger partial charge in [0.25, 0.3) is 0 Å². The molecule has 0 saturated heterocycles. The van der Waals surface area contributed by atoms with E-state index in [2.05, 4.69) is 9.97 Å². The van der Waals surface area contributed by atoms with Crippen LogP contribution in [0.3, 0.4) is 0 Å². The molecular formula is C16H10ClF3N2. The average Bonchev–Trinajstić information content (AvgIpc) is 2.46. The van der Waals surface area contributed by atoms with Crippen LogP contribution < -0.4 is 0 Å². The topological polar surface area (TPSA) is 25.8 Å². The predicted molar refractivity (Wildman–Crippen MR) is 79.7 cm³/mol. The maximum atomic E-state index is 13.3. The lowest BCUT2D eigenvalue weighted by Crippen LogP contribution is -2.09. The average molecular weight is 323 g/mol. The molecule has 0 atom stereocenters. The lowest BCUT2D eigenvalue weighted by atomic mass is 9.98. The molecule has 112 valence electrons. The van der Waals surface area contributed by atoms with Crippen molar-refractivity contribution in [3.05, 3.63) is 58.9 Å². The van der Waals surface area contributed by atoms with Gasteiger partial charge < -0.3 is 0 Å². The second-order valence-corrected chi connectivity index (χ2v) is 5.25. The Hall–Kier alpha value is -2.14. The molecule has 6 heteroatoms. The summed E-state index contributed by atoms with van der Waals surface area (Å²) in [5.74, 6) is 0. The van der Waals surface area contributed by atoms with Crippen LogP contribution in [0, 0.1) is 6.92 Å². The minimum absolute atomic E-state index is 0.182. The van der Waals surface area contributed by atoms with E-state index < -0.39 is 11.7 Å². The molecule has 0 fully saturated rings. The van der Waals surface area contributed by atoms with Crippen LogP contribution in [-0.2, 0) is 6.18 Å². The molecular weight excluding hydrogens is 313 g/mol. The number of hydrogen-bond acceptors (Lipinski definition) is 2. The van der Waals surface area contributed by atoms with E-state index in [1.807, 2.05) is 6.92 Å². The number of benzene rings is 1. The van der Waals surface area contributed by atoms with Gasteiger partial charge >= 0.3 is 6.18 Å². The monoisotopic (exact) mass is 322 g/mol. The van der Waals surface area contributed by atoms with Gasteiger partial charge in [0.15, 0.2) is 0 Å². The molecule has 3 rings (SSSR count). The first-order valence-electron chi connectivity index (χ1n) is 6.46. The van der Waals surface area contributed by atoms with Crippen LogP contribution in [0.15, 0.2) is 42.7 Å². The van der Waals surface area contributed by atoms with Gasteiger partial charge in [0.05, 0.1) is 16.2 Å². The predicted octanol–water partition coefficient (Wildman–Crippen LogP) is 5.28. The normalized spacial score (nSPS) is 11.9. The molecule has 3 aromatic rings. The Morgan fingerprint density at radius 2 is 1.77 bits per heavy atom. The van der Waals surface area contributed by atoms with Crippen molar-refractivity contribution in [2.24, 2.45) is 0 Å². The van der Waals surface area contributed by atoms with Gasteiger partial charge in [-0.05, 0) is 24.6 Å². The van der Waals surface area contributed by atoms with Crippen molar-refractivity contribution in [2.45, 2.75) is 13.1 Å². The summed E-state index contributed by atoms with van der Waals surface area (Å²) in [7, 11) is 0. The standard InChI is InChI=1S/C16H10ClF3N2/c1-9-4-5-11(10-3-2-7-21-14(9)10)15-13(16(18,19)20)12(17)6-8-22-15/h2-8H,1H3. The third-order valence-electron chi connectivity index (χ3n) is 3.41. The van der Waals surface area contributed by atoms with Gasteiger partial charge in [-0.2, -0.15) is 13.2 Å². The zero-order valence-corrected chi connectivity index (χ0v) is 12.2. The van der Waals surface area contributed by atoms with E-state index in [1.165, 1.54) is 6.20 Å². The second kappa shape index (κ2) is 5.25. The van der Waals surface area contributed by atoms with Crippen molar-refractivity contribution >= 4 is 22.5 Å². The Balaban J connectivity index is 2.39. The molecule has 0 aliphatic heterocycles. The van der Waals surface area contributed by atoms with Gasteiger partial charge in [-0.1, -0.05) is 29.8 Å². The summed E-state index contributed by atoms with van der Waals surface area (Å²) in [5.41, 5.74) is 0.789. The van der Waals surface area contributed by atoms with Crippen LogP contribution in [-0.4, -0.2) is 9.97 Å². The number of pyridine rings is 2. The maximum Gasteiger partial charge on any atom is 0.419 e. The summed E-state index contributed by atoms with van der Waals surface area (Å²) in [5, 5.41) is 0.248. The number of aryl methyl sites for hydroxylation is 1. The van der Waals surface area contributed by atoms with Crippen molar-refractivity contribution in [1.29, 1.82) is 0 Å². The van der Waals surface area contributed by atoms with Crippen LogP contribution in [0.4, 0.5) is 13.2 Å². The third kappa shape index (κ3) is 2.41. The van der Waals surface area contributed by atoms with E-state index in [0.29, 0.717) is 16.5 Å². The smallest absolute Gasteiger partial charge is 0.256 e. The van der Waals surface area contributed by atoms with Gasteiger partial charge in [-0.3, -0.25) is 9.97 Å².